The van der Waals surface area contributed by atoms with Gasteiger partial charge in [0, 0.05) is 23.1 Å². The van der Waals surface area contributed by atoms with E-state index in [4.69, 9.17) is 21.1 Å². The fourth-order valence-electron chi connectivity index (χ4n) is 2.27. The summed E-state index contributed by atoms with van der Waals surface area (Å²) < 4.78 is 11.5. The van der Waals surface area contributed by atoms with Crippen LogP contribution in [0.2, 0.25) is 5.02 Å². The predicted molar refractivity (Wildman–Crippen MR) is 74.1 cm³/mol. The average molecular weight is 270 g/mol. The summed E-state index contributed by atoms with van der Waals surface area (Å²) in [5.41, 5.74) is 2.37. The number of halogens is 1. The van der Waals surface area contributed by atoms with Gasteiger partial charge in [-0.25, -0.2) is 0 Å². The van der Waals surface area contributed by atoms with Gasteiger partial charge in [0.05, 0.1) is 13.2 Å². The van der Waals surface area contributed by atoms with Gasteiger partial charge in [-0.1, -0.05) is 18.5 Å². The van der Waals surface area contributed by atoms with Gasteiger partial charge in [0.1, 0.15) is 0 Å². The van der Waals surface area contributed by atoms with Crippen molar-refractivity contribution in [2.24, 2.45) is 0 Å². The minimum Gasteiger partial charge on any atom is -0.489 e. The Labute approximate surface area is 113 Å². The first-order valence-corrected chi connectivity index (χ1v) is 6.90. The molecule has 1 heterocycles. The summed E-state index contributed by atoms with van der Waals surface area (Å²) in [6.07, 6.45) is 2.74. The van der Waals surface area contributed by atoms with Crippen LogP contribution < -0.4 is 14.8 Å². The maximum atomic E-state index is 6.37. The van der Waals surface area contributed by atoms with Gasteiger partial charge >= 0.3 is 0 Å². The van der Waals surface area contributed by atoms with Gasteiger partial charge in [-0.15, -0.1) is 0 Å². The van der Waals surface area contributed by atoms with E-state index < -0.39 is 0 Å². The molecule has 18 heavy (non-hydrogen) atoms. The SMILES string of the molecule is CCc1c(CCNC)c(Cl)cc2c1OCCCO2. The maximum absolute atomic E-state index is 6.37. The summed E-state index contributed by atoms with van der Waals surface area (Å²) in [7, 11) is 1.95. The van der Waals surface area contributed by atoms with Crippen LogP contribution >= 0.6 is 11.6 Å². The van der Waals surface area contributed by atoms with Gasteiger partial charge in [0.15, 0.2) is 11.5 Å². The number of hydrogen-bond acceptors (Lipinski definition) is 3. The smallest absolute Gasteiger partial charge is 0.164 e. The van der Waals surface area contributed by atoms with Crippen LogP contribution in [0.5, 0.6) is 11.5 Å². The summed E-state index contributed by atoms with van der Waals surface area (Å²) >= 11 is 6.37. The first-order chi connectivity index (χ1) is 8.77. The highest BCUT2D eigenvalue weighted by Crippen LogP contribution is 2.40. The van der Waals surface area contributed by atoms with E-state index in [2.05, 4.69) is 12.2 Å². The third-order valence-electron chi connectivity index (χ3n) is 3.18. The van der Waals surface area contributed by atoms with Crippen molar-refractivity contribution >= 4 is 11.6 Å². The van der Waals surface area contributed by atoms with E-state index in [1.165, 1.54) is 11.1 Å². The van der Waals surface area contributed by atoms with E-state index in [1.807, 2.05) is 13.1 Å². The molecule has 100 valence electrons. The lowest BCUT2D eigenvalue weighted by molar-refractivity contribution is 0.296. The zero-order chi connectivity index (χ0) is 13.0. The van der Waals surface area contributed by atoms with Crippen molar-refractivity contribution in [3.63, 3.8) is 0 Å². The first kappa shape index (κ1) is 13.5. The molecule has 1 aliphatic rings. The van der Waals surface area contributed by atoms with Gasteiger partial charge in [-0.05, 0) is 32.0 Å². The zero-order valence-electron chi connectivity index (χ0n) is 11.0. The normalized spacial score (nSPS) is 14.4. The minimum absolute atomic E-state index is 0.697. The molecule has 4 heteroatoms. The van der Waals surface area contributed by atoms with Crippen molar-refractivity contribution in [3.8, 4) is 11.5 Å². The number of likely N-dealkylation sites (N-methyl/N-ethyl adjacent to an activating group) is 1. The lowest BCUT2D eigenvalue weighted by Crippen LogP contribution is -2.12. The Morgan fingerprint density at radius 3 is 2.78 bits per heavy atom. The van der Waals surface area contributed by atoms with Crippen LogP contribution in [0, 0.1) is 0 Å². The maximum Gasteiger partial charge on any atom is 0.164 e. The molecule has 0 fully saturated rings. The average Bonchev–Trinajstić information content (AvgIpc) is 2.60. The summed E-state index contributed by atoms with van der Waals surface area (Å²) in [4.78, 5) is 0. The topological polar surface area (TPSA) is 30.5 Å². The van der Waals surface area contributed by atoms with Crippen LogP contribution in [0.1, 0.15) is 24.5 Å². The van der Waals surface area contributed by atoms with Crippen LogP contribution in [0.25, 0.3) is 0 Å². The van der Waals surface area contributed by atoms with Crippen molar-refractivity contribution in [1.29, 1.82) is 0 Å². The third kappa shape index (κ3) is 2.73. The van der Waals surface area contributed by atoms with Crippen molar-refractivity contribution in [2.45, 2.75) is 26.2 Å². The molecule has 0 spiro atoms. The second-order valence-corrected chi connectivity index (χ2v) is 4.81. The van der Waals surface area contributed by atoms with Gasteiger partial charge in [-0.3, -0.25) is 0 Å². The Bertz CT molecular complexity index is 421. The number of benzene rings is 1. The predicted octanol–water partition coefficient (Wildman–Crippen LogP) is 2.83. The van der Waals surface area contributed by atoms with Gasteiger partial charge in [-0.2, -0.15) is 0 Å². The molecule has 1 aromatic rings. The van der Waals surface area contributed by atoms with Gasteiger partial charge in [0.25, 0.3) is 0 Å². The monoisotopic (exact) mass is 269 g/mol. The quantitative estimate of drug-likeness (QED) is 0.912. The molecule has 1 N–H and O–H groups in total. The van der Waals surface area contributed by atoms with E-state index in [1.54, 1.807) is 0 Å². The molecular weight excluding hydrogens is 250 g/mol. The Morgan fingerprint density at radius 1 is 1.28 bits per heavy atom. The molecule has 0 aromatic heterocycles. The highest BCUT2D eigenvalue weighted by molar-refractivity contribution is 6.31. The van der Waals surface area contributed by atoms with Crippen LogP contribution in [0.4, 0.5) is 0 Å². The zero-order valence-corrected chi connectivity index (χ0v) is 11.8. The number of fused-ring (bicyclic) bond motifs is 1. The number of nitrogens with one attached hydrogen (secondary N) is 1. The Morgan fingerprint density at radius 2 is 2.06 bits per heavy atom. The summed E-state index contributed by atoms with van der Waals surface area (Å²) in [6, 6.07) is 1.90. The molecule has 1 aliphatic heterocycles. The molecule has 0 amide bonds. The number of rotatable bonds is 4. The standard InChI is InChI=1S/C14H20ClNO2/c1-3-10-11(5-6-16-2)12(15)9-13-14(10)18-8-4-7-17-13/h9,16H,3-8H2,1-2H3. The Kier molecular flexibility index (Phi) is 4.72. The van der Waals surface area contributed by atoms with Crippen molar-refractivity contribution in [3.05, 3.63) is 22.2 Å². The Balaban J connectivity index is 2.43. The summed E-state index contributed by atoms with van der Waals surface area (Å²) in [5, 5.41) is 3.94. The fraction of sp³-hybridized carbons (Fsp3) is 0.571. The fourth-order valence-corrected chi connectivity index (χ4v) is 2.58. The highest BCUT2D eigenvalue weighted by Gasteiger charge is 2.20. The molecule has 0 aliphatic carbocycles. The van der Waals surface area contributed by atoms with E-state index in [0.717, 1.165) is 42.3 Å². The number of ether oxygens (including phenoxy) is 2. The molecule has 0 saturated carbocycles. The molecule has 0 unspecified atom stereocenters. The lowest BCUT2D eigenvalue weighted by Gasteiger charge is -2.17. The first-order valence-electron chi connectivity index (χ1n) is 6.52. The third-order valence-corrected chi connectivity index (χ3v) is 3.52. The molecule has 0 saturated heterocycles. The highest BCUT2D eigenvalue weighted by atomic mass is 35.5. The van der Waals surface area contributed by atoms with Gasteiger partial charge in [0.2, 0.25) is 0 Å². The molecule has 0 bridgehead atoms. The van der Waals surface area contributed by atoms with E-state index >= 15 is 0 Å². The number of hydrogen-bond donors (Lipinski definition) is 1. The van der Waals surface area contributed by atoms with Crippen LogP contribution in [0.15, 0.2) is 6.07 Å². The molecule has 0 radical (unpaired) electrons. The van der Waals surface area contributed by atoms with Crippen molar-refractivity contribution in [2.75, 3.05) is 26.8 Å². The molecular formula is C14H20ClNO2. The van der Waals surface area contributed by atoms with Crippen molar-refractivity contribution < 1.29 is 9.47 Å². The van der Waals surface area contributed by atoms with E-state index in [0.29, 0.717) is 13.2 Å². The molecule has 1 aromatic carbocycles. The second-order valence-electron chi connectivity index (χ2n) is 4.40. The lowest BCUT2D eigenvalue weighted by atomic mass is 10.0. The van der Waals surface area contributed by atoms with Crippen molar-refractivity contribution in [1.82, 2.24) is 5.32 Å². The van der Waals surface area contributed by atoms with Gasteiger partial charge < -0.3 is 14.8 Å². The minimum atomic E-state index is 0.697. The van der Waals surface area contributed by atoms with E-state index in [-0.39, 0.29) is 0 Å². The summed E-state index contributed by atoms with van der Waals surface area (Å²) in [5.74, 6) is 1.69. The van der Waals surface area contributed by atoms with Crippen LogP contribution in [-0.4, -0.2) is 26.8 Å². The summed E-state index contributed by atoms with van der Waals surface area (Å²) in [6.45, 7) is 4.45. The van der Waals surface area contributed by atoms with E-state index in [9.17, 15) is 0 Å². The second kappa shape index (κ2) is 6.30. The largest absolute Gasteiger partial charge is 0.489 e. The Hall–Kier alpha value is -0.930. The molecule has 0 atom stereocenters. The molecule has 3 nitrogen and oxygen atoms in total. The van der Waals surface area contributed by atoms with Crippen LogP contribution in [-0.2, 0) is 12.8 Å². The van der Waals surface area contributed by atoms with Crippen LogP contribution in [0.3, 0.4) is 0 Å². The molecule has 2 rings (SSSR count).